The van der Waals surface area contributed by atoms with Gasteiger partial charge in [0.2, 0.25) is 0 Å². The third kappa shape index (κ3) is 7.78. The van der Waals surface area contributed by atoms with Gasteiger partial charge in [0.15, 0.2) is 0 Å². The van der Waals surface area contributed by atoms with Crippen molar-refractivity contribution in [3.63, 3.8) is 0 Å². The van der Waals surface area contributed by atoms with E-state index in [9.17, 15) is 14.4 Å². The first-order valence-electron chi connectivity index (χ1n) is 3.29. The summed E-state index contributed by atoms with van der Waals surface area (Å²) in [6.07, 6.45) is 0.374. The minimum absolute atomic E-state index is 0. The fraction of sp³-hybridized carbons (Fsp3) is 0.286. The first-order chi connectivity index (χ1) is 6.10. The number of hydrogen-bond donors (Lipinski definition) is 1. The van der Waals surface area contributed by atoms with Crippen molar-refractivity contribution in [2.45, 2.75) is 6.42 Å². The normalized spacial score (nSPS) is 7.79. The maximum absolute atomic E-state index is 10.7. The second-order valence-corrected chi connectivity index (χ2v) is 1.90. The van der Waals surface area contributed by atoms with Gasteiger partial charge in [0, 0.05) is 0 Å². The molecule has 0 aromatic heterocycles. The second kappa shape index (κ2) is 8.74. The van der Waals surface area contributed by atoms with E-state index >= 15 is 0 Å². The minimum Gasteiger partial charge on any atom is -1.00 e. The van der Waals surface area contributed by atoms with Crippen LogP contribution >= 0.6 is 0 Å². The van der Waals surface area contributed by atoms with Crippen LogP contribution in [0, 0.1) is 0 Å². The topological polar surface area (TPSA) is 81.7 Å². The standard InChI is InChI=1S/C7H9NO5.Na.H/c1-3-5(9)8-13-7(11)4-6(10)12-2;;/h3H,1,4H2,2H3,(H,8,9);;/q;+1;-1. The molecule has 1 N–H and O–H groups in total. The number of rotatable bonds is 3. The summed E-state index contributed by atoms with van der Waals surface area (Å²) in [5.74, 6) is -2.31. The summed E-state index contributed by atoms with van der Waals surface area (Å²) < 4.78 is 4.18. The summed E-state index contributed by atoms with van der Waals surface area (Å²) in [6, 6.07) is 0. The van der Waals surface area contributed by atoms with Gasteiger partial charge in [0.25, 0.3) is 5.91 Å². The molecular formula is C7H10NNaO5. The Hall–Kier alpha value is -0.850. The molecule has 0 aliphatic carbocycles. The summed E-state index contributed by atoms with van der Waals surface area (Å²) in [7, 11) is 1.14. The Morgan fingerprint density at radius 3 is 2.43 bits per heavy atom. The van der Waals surface area contributed by atoms with Gasteiger partial charge in [-0.25, -0.2) is 4.79 Å². The van der Waals surface area contributed by atoms with Crippen molar-refractivity contribution >= 4 is 17.8 Å². The molecule has 0 saturated carbocycles. The molecule has 0 spiro atoms. The number of carbonyl (C=O) groups excluding carboxylic acids is 3. The van der Waals surface area contributed by atoms with E-state index in [0.29, 0.717) is 0 Å². The number of amides is 1. The summed E-state index contributed by atoms with van der Waals surface area (Å²) in [5.41, 5.74) is 1.75. The molecule has 74 valence electrons. The number of hydrogen-bond acceptors (Lipinski definition) is 5. The summed E-state index contributed by atoms with van der Waals surface area (Å²) in [4.78, 5) is 35.7. The zero-order valence-electron chi connectivity index (χ0n) is 9.03. The monoisotopic (exact) mass is 211 g/mol. The van der Waals surface area contributed by atoms with E-state index in [-0.39, 0.29) is 31.0 Å². The van der Waals surface area contributed by atoms with Crippen LogP contribution in [-0.2, 0) is 24.0 Å². The second-order valence-electron chi connectivity index (χ2n) is 1.90. The maximum Gasteiger partial charge on any atom is 1.00 e. The van der Waals surface area contributed by atoms with Gasteiger partial charge in [-0.15, -0.1) is 0 Å². The Bertz CT molecular complexity index is 246. The van der Waals surface area contributed by atoms with E-state index in [1.807, 2.05) is 0 Å². The molecule has 0 unspecified atom stereocenters. The average molecular weight is 211 g/mol. The molecule has 14 heavy (non-hydrogen) atoms. The third-order valence-corrected chi connectivity index (χ3v) is 0.967. The number of esters is 1. The number of nitrogens with one attached hydrogen (secondary N) is 1. The number of methoxy groups -OCH3 is 1. The van der Waals surface area contributed by atoms with Gasteiger partial charge in [0.1, 0.15) is 6.42 Å². The fourth-order valence-electron chi connectivity index (χ4n) is 0.375. The summed E-state index contributed by atoms with van der Waals surface area (Å²) >= 11 is 0. The number of carbonyl (C=O) groups is 3. The van der Waals surface area contributed by atoms with Crippen molar-refractivity contribution in [3.8, 4) is 0 Å². The molecule has 7 heteroatoms. The molecule has 0 rings (SSSR count). The Morgan fingerprint density at radius 1 is 1.43 bits per heavy atom. The van der Waals surface area contributed by atoms with Gasteiger partial charge in [0.05, 0.1) is 7.11 Å². The Morgan fingerprint density at radius 2 is 2.00 bits per heavy atom. The average Bonchev–Trinajstić information content (AvgIpc) is 2.13. The van der Waals surface area contributed by atoms with Gasteiger partial charge < -0.3 is 11.0 Å². The van der Waals surface area contributed by atoms with Gasteiger partial charge >= 0.3 is 41.5 Å². The van der Waals surface area contributed by atoms with Crippen LogP contribution in [0.15, 0.2) is 12.7 Å². The predicted octanol–water partition coefficient (Wildman–Crippen LogP) is -3.57. The summed E-state index contributed by atoms with van der Waals surface area (Å²) in [6.45, 7) is 3.12. The van der Waals surface area contributed by atoms with Crippen LogP contribution in [0.25, 0.3) is 0 Å². The molecule has 0 bridgehead atoms. The molecule has 0 aliphatic rings. The summed E-state index contributed by atoms with van der Waals surface area (Å²) in [5, 5.41) is 0. The quantitative estimate of drug-likeness (QED) is 0.172. The fourth-order valence-corrected chi connectivity index (χ4v) is 0.375. The molecular weight excluding hydrogens is 201 g/mol. The molecule has 0 atom stereocenters. The molecule has 6 nitrogen and oxygen atoms in total. The van der Waals surface area contributed by atoms with Crippen molar-refractivity contribution in [2.75, 3.05) is 7.11 Å². The minimum atomic E-state index is -0.901. The van der Waals surface area contributed by atoms with E-state index < -0.39 is 24.3 Å². The van der Waals surface area contributed by atoms with E-state index in [0.717, 1.165) is 13.2 Å². The predicted molar refractivity (Wildman–Crippen MR) is 42.2 cm³/mol. The molecule has 0 aromatic rings. The smallest absolute Gasteiger partial charge is 1.00 e. The Balaban J connectivity index is -0.000000720. The van der Waals surface area contributed by atoms with Crippen LogP contribution in [-0.4, -0.2) is 25.0 Å². The molecule has 0 fully saturated rings. The molecule has 0 saturated heterocycles. The molecule has 1 amide bonds. The molecule has 0 heterocycles. The van der Waals surface area contributed by atoms with Gasteiger partial charge in [-0.2, -0.15) is 5.48 Å². The van der Waals surface area contributed by atoms with Crippen LogP contribution in [0.2, 0.25) is 0 Å². The molecule has 0 aliphatic heterocycles. The van der Waals surface area contributed by atoms with E-state index in [2.05, 4.69) is 16.2 Å². The van der Waals surface area contributed by atoms with E-state index in [1.165, 1.54) is 0 Å². The van der Waals surface area contributed by atoms with E-state index in [4.69, 9.17) is 0 Å². The van der Waals surface area contributed by atoms with Crippen LogP contribution in [0.5, 0.6) is 0 Å². The van der Waals surface area contributed by atoms with Crippen molar-refractivity contribution in [2.24, 2.45) is 0 Å². The maximum atomic E-state index is 10.7. The number of hydroxylamine groups is 1. The number of ether oxygens (including phenoxy) is 1. The largest absolute Gasteiger partial charge is 1.00 e. The van der Waals surface area contributed by atoms with Crippen LogP contribution in [0.4, 0.5) is 0 Å². The van der Waals surface area contributed by atoms with Crippen molar-refractivity contribution in [3.05, 3.63) is 12.7 Å². The first kappa shape index (κ1) is 15.6. The Kier molecular flexibility index (Phi) is 9.74. The Labute approximate surface area is 104 Å². The van der Waals surface area contributed by atoms with Crippen molar-refractivity contribution < 1.29 is 54.9 Å². The van der Waals surface area contributed by atoms with Crippen molar-refractivity contribution in [1.29, 1.82) is 0 Å². The van der Waals surface area contributed by atoms with Crippen LogP contribution < -0.4 is 35.0 Å². The van der Waals surface area contributed by atoms with Gasteiger partial charge in [-0.3, -0.25) is 9.59 Å². The first-order valence-corrected chi connectivity index (χ1v) is 3.29. The van der Waals surface area contributed by atoms with Crippen molar-refractivity contribution in [1.82, 2.24) is 5.48 Å². The van der Waals surface area contributed by atoms with Gasteiger partial charge in [-0.05, 0) is 6.08 Å². The third-order valence-electron chi connectivity index (χ3n) is 0.967. The van der Waals surface area contributed by atoms with E-state index in [1.54, 1.807) is 5.48 Å². The zero-order valence-corrected chi connectivity index (χ0v) is 10.0. The molecule has 0 radical (unpaired) electrons. The SMILES string of the molecule is C=CC(=O)NOC(=O)CC(=O)OC.[H-].[Na+]. The zero-order chi connectivity index (χ0) is 10.3. The van der Waals surface area contributed by atoms with Crippen LogP contribution in [0.1, 0.15) is 7.85 Å². The molecule has 0 aromatic carbocycles. The van der Waals surface area contributed by atoms with Gasteiger partial charge in [-0.1, -0.05) is 6.58 Å². The van der Waals surface area contributed by atoms with Crippen LogP contribution in [0.3, 0.4) is 0 Å².